The molecule has 0 bridgehead atoms. The van der Waals surface area contributed by atoms with E-state index in [0.29, 0.717) is 6.04 Å². The van der Waals surface area contributed by atoms with Gasteiger partial charge in [0.05, 0.1) is 6.61 Å². The number of thioether (sulfide) groups is 1. The van der Waals surface area contributed by atoms with Gasteiger partial charge in [-0.05, 0) is 36.3 Å². The van der Waals surface area contributed by atoms with Gasteiger partial charge in [-0.15, -0.1) is 0 Å². The van der Waals surface area contributed by atoms with E-state index in [-0.39, 0.29) is 6.61 Å². The summed E-state index contributed by atoms with van der Waals surface area (Å²) in [5, 5.41) is 9.35. The van der Waals surface area contributed by atoms with Crippen molar-refractivity contribution in [2.75, 3.05) is 23.5 Å². The van der Waals surface area contributed by atoms with Crippen molar-refractivity contribution in [2.24, 2.45) is 0 Å². The minimum Gasteiger partial charge on any atom is -0.392 e. The van der Waals surface area contributed by atoms with E-state index in [2.05, 4.69) is 18.9 Å². The summed E-state index contributed by atoms with van der Waals surface area (Å²) < 4.78 is 0. The molecule has 0 radical (unpaired) electrons. The van der Waals surface area contributed by atoms with Crippen LogP contribution in [0.2, 0.25) is 0 Å². The van der Waals surface area contributed by atoms with Gasteiger partial charge in [-0.3, -0.25) is 0 Å². The lowest BCUT2D eigenvalue weighted by molar-refractivity contribution is 0.281. The van der Waals surface area contributed by atoms with Crippen LogP contribution >= 0.6 is 11.8 Å². The zero-order valence-corrected chi connectivity index (χ0v) is 12.0. The maximum atomic E-state index is 9.35. The molecule has 1 fully saturated rings. The number of hydrogen-bond acceptors (Lipinski definition) is 4. The second-order valence-electron chi connectivity index (χ2n) is 4.86. The van der Waals surface area contributed by atoms with E-state index >= 15 is 0 Å². The van der Waals surface area contributed by atoms with Crippen molar-refractivity contribution in [1.29, 1.82) is 0 Å². The fraction of sp³-hybridized carbons (Fsp3) is 0.643. The molecule has 1 aromatic rings. The van der Waals surface area contributed by atoms with Gasteiger partial charge in [-0.1, -0.05) is 13.3 Å². The quantitative estimate of drug-likeness (QED) is 0.888. The van der Waals surface area contributed by atoms with Crippen molar-refractivity contribution in [3.63, 3.8) is 0 Å². The van der Waals surface area contributed by atoms with Crippen molar-refractivity contribution in [2.45, 2.75) is 38.8 Å². The SMILES string of the molecule is CCCc1cc(CO)cc(N(C)C2CCSC2)n1. The molecule has 0 saturated carbocycles. The number of aryl methyl sites for hydroxylation is 1. The first-order chi connectivity index (χ1) is 8.74. The van der Waals surface area contributed by atoms with Gasteiger partial charge in [0, 0.05) is 24.5 Å². The van der Waals surface area contributed by atoms with E-state index < -0.39 is 0 Å². The molecule has 1 unspecified atom stereocenters. The molecule has 0 amide bonds. The van der Waals surface area contributed by atoms with Gasteiger partial charge < -0.3 is 10.0 Å². The largest absolute Gasteiger partial charge is 0.392 e. The number of nitrogens with zero attached hydrogens (tertiary/aromatic N) is 2. The number of aliphatic hydroxyl groups is 1. The number of hydrogen-bond donors (Lipinski definition) is 1. The van der Waals surface area contributed by atoms with E-state index in [1.807, 2.05) is 23.9 Å². The summed E-state index contributed by atoms with van der Waals surface area (Å²) in [4.78, 5) is 7.00. The second-order valence-corrected chi connectivity index (χ2v) is 6.01. The van der Waals surface area contributed by atoms with E-state index in [0.717, 1.165) is 29.9 Å². The average molecular weight is 266 g/mol. The number of anilines is 1. The molecular formula is C14H22N2OS. The predicted octanol–water partition coefficient (Wildman–Crippen LogP) is 2.47. The van der Waals surface area contributed by atoms with E-state index in [9.17, 15) is 5.11 Å². The molecule has 1 aromatic heterocycles. The van der Waals surface area contributed by atoms with E-state index in [4.69, 9.17) is 4.98 Å². The molecule has 1 aliphatic rings. The van der Waals surface area contributed by atoms with Gasteiger partial charge in [-0.2, -0.15) is 11.8 Å². The van der Waals surface area contributed by atoms with Gasteiger partial charge in [0.15, 0.2) is 0 Å². The second kappa shape index (κ2) is 6.43. The summed E-state index contributed by atoms with van der Waals surface area (Å²) in [6, 6.07) is 4.62. The molecule has 1 aliphatic heterocycles. The van der Waals surface area contributed by atoms with Crippen LogP contribution in [0.4, 0.5) is 5.82 Å². The number of pyridine rings is 1. The Kier molecular flexibility index (Phi) is 4.89. The summed E-state index contributed by atoms with van der Waals surface area (Å²) in [5.74, 6) is 3.44. The monoisotopic (exact) mass is 266 g/mol. The van der Waals surface area contributed by atoms with Crippen LogP contribution in [0.25, 0.3) is 0 Å². The smallest absolute Gasteiger partial charge is 0.129 e. The van der Waals surface area contributed by atoms with Crippen LogP contribution in [0.5, 0.6) is 0 Å². The summed E-state index contributed by atoms with van der Waals surface area (Å²) >= 11 is 2.01. The molecule has 0 aromatic carbocycles. The Balaban J connectivity index is 2.21. The van der Waals surface area contributed by atoms with E-state index in [1.54, 1.807) is 0 Å². The standard InChI is InChI=1S/C14H22N2OS/c1-3-4-12-7-11(9-17)8-14(15-12)16(2)13-5-6-18-10-13/h7-8,13,17H,3-6,9-10H2,1-2H3. The third kappa shape index (κ3) is 3.18. The number of rotatable bonds is 5. The molecule has 18 heavy (non-hydrogen) atoms. The van der Waals surface area contributed by atoms with Gasteiger partial charge in [0.1, 0.15) is 5.82 Å². The molecule has 0 aliphatic carbocycles. The van der Waals surface area contributed by atoms with Crippen molar-refractivity contribution in [3.8, 4) is 0 Å². The molecule has 2 heterocycles. The first-order valence-electron chi connectivity index (χ1n) is 6.66. The van der Waals surface area contributed by atoms with Crippen molar-refractivity contribution >= 4 is 17.6 Å². The number of aromatic nitrogens is 1. The Hall–Kier alpha value is -0.740. The normalized spacial score (nSPS) is 19.2. The molecule has 1 saturated heterocycles. The molecule has 0 spiro atoms. The molecule has 100 valence electrons. The minimum absolute atomic E-state index is 0.0967. The van der Waals surface area contributed by atoms with Crippen LogP contribution in [0, 0.1) is 0 Å². The highest BCUT2D eigenvalue weighted by Crippen LogP contribution is 2.25. The Bertz CT molecular complexity index is 391. The average Bonchev–Trinajstić information content (AvgIpc) is 2.91. The first-order valence-corrected chi connectivity index (χ1v) is 7.81. The first kappa shape index (κ1) is 13.7. The Morgan fingerprint density at radius 2 is 2.33 bits per heavy atom. The fourth-order valence-electron chi connectivity index (χ4n) is 2.30. The molecule has 2 rings (SSSR count). The van der Waals surface area contributed by atoms with Crippen molar-refractivity contribution in [3.05, 3.63) is 23.4 Å². The van der Waals surface area contributed by atoms with Gasteiger partial charge in [0.25, 0.3) is 0 Å². The van der Waals surface area contributed by atoms with Crippen LogP contribution in [0.3, 0.4) is 0 Å². The van der Waals surface area contributed by atoms with Crippen LogP contribution in [0.15, 0.2) is 12.1 Å². The van der Waals surface area contributed by atoms with Crippen LogP contribution in [0.1, 0.15) is 31.0 Å². The predicted molar refractivity (Wildman–Crippen MR) is 78.3 cm³/mol. The third-order valence-electron chi connectivity index (χ3n) is 3.43. The lowest BCUT2D eigenvalue weighted by Crippen LogP contribution is -2.32. The topological polar surface area (TPSA) is 36.4 Å². The minimum atomic E-state index is 0.0967. The van der Waals surface area contributed by atoms with Crippen LogP contribution in [-0.2, 0) is 13.0 Å². The molecule has 4 heteroatoms. The van der Waals surface area contributed by atoms with Crippen molar-refractivity contribution < 1.29 is 5.11 Å². The highest BCUT2D eigenvalue weighted by molar-refractivity contribution is 7.99. The Morgan fingerprint density at radius 1 is 1.50 bits per heavy atom. The zero-order chi connectivity index (χ0) is 13.0. The molecule has 3 nitrogen and oxygen atoms in total. The summed E-state index contributed by atoms with van der Waals surface area (Å²) in [6.07, 6.45) is 3.30. The van der Waals surface area contributed by atoms with Gasteiger partial charge >= 0.3 is 0 Å². The maximum absolute atomic E-state index is 9.35. The van der Waals surface area contributed by atoms with Crippen LogP contribution in [-0.4, -0.2) is 34.7 Å². The molecule has 1 N–H and O–H groups in total. The summed E-state index contributed by atoms with van der Waals surface area (Å²) in [5.41, 5.74) is 2.07. The van der Waals surface area contributed by atoms with Crippen LogP contribution < -0.4 is 4.90 Å². The van der Waals surface area contributed by atoms with Crippen molar-refractivity contribution in [1.82, 2.24) is 4.98 Å². The summed E-state index contributed by atoms with van der Waals surface area (Å²) in [7, 11) is 2.12. The maximum Gasteiger partial charge on any atom is 0.129 e. The Labute approximate surface area is 114 Å². The number of aliphatic hydroxyl groups excluding tert-OH is 1. The lowest BCUT2D eigenvalue weighted by Gasteiger charge is -2.25. The Morgan fingerprint density at radius 3 is 2.94 bits per heavy atom. The lowest BCUT2D eigenvalue weighted by atomic mass is 10.1. The van der Waals surface area contributed by atoms with Gasteiger partial charge in [-0.25, -0.2) is 4.98 Å². The highest BCUT2D eigenvalue weighted by Gasteiger charge is 2.21. The fourth-order valence-corrected chi connectivity index (χ4v) is 3.57. The highest BCUT2D eigenvalue weighted by atomic mass is 32.2. The molecular weight excluding hydrogens is 244 g/mol. The third-order valence-corrected chi connectivity index (χ3v) is 4.57. The zero-order valence-electron chi connectivity index (χ0n) is 11.2. The molecule has 1 atom stereocenters. The summed E-state index contributed by atoms with van der Waals surface area (Å²) in [6.45, 7) is 2.25. The van der Waals surface area contributed by atoms with Gasteiger partial charge in [0.2, 0.25) is 0 Å². The van der Waals surface area contributed by atoms with E-state index in [1.165, 1.54) is 17.9 Å².